The quantitative estimate of drug-likeness (QED) is 0.606. The second-order valence-corrected chi connectivity index (χ2v) is 4.26. The zero-order valence-electron chi connectivity index (χ0n) is 9.08. The molecule has 3 heteroatoms. The molecule has 5 atom stereocenters. The first-order valence-electron chi connectivity index (χ1n) is 5.39. The normalized spacial score (nSPS) is 38.4. The Hall–Kier alpha value is -0.640. The molecule has 0 heterocycles. The van der Waals surface area contributed by atoms with Crippen LogP contribution in [0, 0.1) is 11.8 Å². The van der Waals surface area contributed by atoms with Crippen molar-refractivity contribution in [1.29, 1.82) is 0 Å². The van der Waals surface area contributed by atoms with Crippen molar-refractivity contribution in [2.24, 2.45) is 11.8 Å². The third-order valence-electron chi connectivity index (χ3n) is 2.97. The number of allylic oxidation sites excluding steroid dienone is 1. The first kappa shape index (κ1) is 12.4. The summed E-state index contributed by atoms with van der Waals surface area (Å²) in [5.74, 6) is -0.0555. The molecule has 0 aromatic rings. The maximum absolute atomic E-state index is 9.74. The lowest BCUT2D eigenvalue weighted by molar-refractivity contribution is 0.120. The van der Waals surface area contributed by atoms with Crippen molar-refractivity contribution in [2.45, 2.75) is 38.1 Å². The molecule has 0 spiro atoms. The average molecular weight is 212 g/mol. The lowest BCUT2D eigenvalue weighted by atomic mass is 9.90. The molecule has 1 saturated carbocycles. The van der Waals surface area contributed by atoms with Crippen molar-refractivity contribution in [3.05, 3.63) is 24.8 Å². The molecule has 1 aliphatic carbocycles. The number of hydrogen-bond donors (Lipinski definition) is 3. The van der Waals surface area contributed by atoms with E-state index in [0.717, 1.165) is 0 Å². The largest absolute Gasteiger partial charge is 0.393 e. The van der Waals surface area contributed by atoms with E-state index in [2.05, 4.69) is 6.58 Å². The van der Waals surface area contributed by atoms with Gasteiger partial charge < -0.3 is 15.3 Å². The zero-order valence-corrected chi connectivity index (χ0v) is 9.08. The summed E-state index contributed by atoms with van der Waals surface area (Å²) in [4.78, 5) is 0. The SMILES string of the molecule is C=CC[C@@H]1[C@@H](/C=C/[C@H](C)O)[C@H](O)C[C@@H]1O. The van der Waals surface area contributed by atoms with Gasteiger partial charge in [0.05, 0.1) is 18.3 Å². The highest BCUT2D eigenvalue weighted by Gasteiger charge is 2.39. The van der Waals surface area contributed by atoms with Crippen molar-refractivity contribution < 1.29 is 15.3 Å². The van der Waals surface area contributed by atoms with Crippen LogP contribution in [-0.2, 0) is 0 Å². The maximum Gasteiger partial charge on any atom is 0.0692 e. The summed E-state index contributed by atoms with van der Waals surface area (Å²) in [5.41, 5.74) is 0. The Morgan fingerprint density at radius 2 is 2.07 bits per heavy atom. The number of hydrogen-bond acceptors (Lipinski definition) is 3. The zero-order chi connectivity index (χ0) is 11.4. The van der Waals surface area contributed by atoms with E-state index in [4.69, 9.17) is 5.11 Å². The molecule has 3 N–H and O–H groups in total. The third-order valence-corrected chi connectivity index (χ3v) is 2.97. The van der Waals surface area contributed by atoms with Crippen molar-refractivity contribution in [1.82, 2.24) is 0 Å². The highest BCUT2D eigenvalue weighted by atomic mass is 16.3. The molecule has 0 amide bonds. The molecule has 1 fully saturated rings. The topological polar surface area (TPSA) is 60.7 Å². The van der Waals surface area contributed by atoms with Crippen LogP contribution in [0.5, 0.6) is 0 Å². The molecule has 1 aliphatic rings. The smallest absolute Gasteiger partial charge is 0.0692 e. The van der Waals surface area contributed by atoms with Gasteiger partial charge in [-0.3, -0.25) is 0 Å². The summed E-state index contributed by atoms with van der Waals surface area (Å²) in [6.45, 7) is 5.31. The van der Waals surface area contributed by atoms with Crippen molar-refractivity contribution in [2.75, 3.05) is 0 Å². The van der Waals surface area contributed by atoms with Crippen LogP contribution in [0.15, 0.2) is 24.8 Å². The Balaban J connectivity index is 2.69. The van der Waals surface area contributed by atoms with Gasteiger partial charge >= 0.3 is 0 Å². The van der Waals surface area contributed by atoms with E-state index < -0.39 is 18.3 Å². The van der Waals surface area contributed by atoms with E-state index >= 15 is 0 Å². The maximum atomic E-state index is 9.74. The summed E-state index contributed by atoms with van der Waals surface area (Å²) in [6.07, 6.45) is 4.82. The van der Waals surface area contributed by atoms with E-state index in [1.54, 1.807) is 25.2 Å². The summed E-state index contributed by atoms with van der Waals surface area (Å²) >= 11 is 0. The summed E-state index contributed by atoms with van der Waals surface area (Å²) in [7, 11) is 0. The molecule has 0 radical (unpaired) electrons. The van der Waals surface area contributed by atoms with Gasteiger partial charge in [-0.25, -0.2) is 0 Å². The molecular weight excluding hydrogens is 192 g/mol. The molecule has 0 aromatic heterocycles. The fourth-order valence-electron chi connectivity index (χ4n) is 2.19. The van der Waals surface area contributed by atoms with Crippen LogP contribution in [-0.4, -0.2) is 33.6 Å². The van der Waals surface area contributed by atoms with Crippen LogP contribution in [0.4, 0.5) is 0 Å². The number of rotatable bonds is 4. The molecule has 0 aromatic carbocycles. The molecule has 15 heavy (non-hydrogen) atoms. The molecule has 3 nitrogen and oxygen atoms in total. The van der Waals surface area contributed by atoms with E-state index in [0.29, 0.717) is 12.8 Å². The van der Waals surface area contributed by atoms with Crippen LogP contribution in [0.2, 0.25) is 0 Å². The van der Waals surface area contributed by atoms with Crippen LogP contribution in [0.3, 0.4) is 0 Å². The predicted molar refractivity (Wildman–Crippen MR) is 59.2 cm³/mol. The van der Waals surface area contributed by atoms with Gasteiger partial charge in [-0.2, -0.15) is 0 Å². The predicted octanol–water partition coefficient (Wildman–Crippen LogP) is 0.857. The minimum Gasteiger partial charge on any atom is -0.393 e. The van der Waals surface area contributed by atoms with Crippen molar-refractivity contribution in [3.8, 4) is 0 Å². The molecule has 86 valence electrons. The van der Waals surface area contributed by atoms with Gasteiger partial charge in [0.15, 0.2) is 0 Å². The molecular formula is C12H20O3. The first-order valence-corrected chi connectivity index (χ1v) is 5.39. The van der Waals surface area contributed by atoms with Gasteiger partial charge in [0, 0.05) is 12.3 Å². The van der Waals surface area contributed by atoms with Gasteiger partial charge in [-0.15, -0.1) is 6.58 Å². The van der Waals surface area contributed by atoms with Gasteiger partial charge in [0.2, 0.25) is 0 Å². The average Bonchev–Trinajstić information content (AvgIpc) is 2.40. The van der Waals surface area contributed by atoms with Crippen LogP contribution < -0.4 is 0 Å². The summed E-state index contributed by atoms with van der Waals surface area (Å²) in [5, 5.41) is 28.6. The molecule has 0 aliphatic heterocycles. The van der Waals surface area contributed by atoms with Gasteiger partial charge in [-0.05, 0) is 19.3 Å². The van der Waals surface area contributed by atoms with Crippen LogP contribution >= 0.6 is 0 Å². The number of aliphatic hydroxyl groups excluding tert-OH is 3. The second kappa shape index (κ2) is 5.45. The van der Waals surface area contributed by atoms with Gasteiger partial charge in [-0.1, -0.05) is 18.2 Å². The van der Waals surface area contributed by atoms with E-state index in [1.165, 1.54) is 0 Å². The minimum absolute atomic E-state index is 0.0208. The Kier molecular flexibility index (Phi) is 4.51. The Morgan fingerprint density at radius 1 is 1.40 bits per heavy atom. The lowest BCUT2D eigenvalue weighted by Gasteiger charge is -2.19. The Morgan fingerprint density at radius 3 is 2.60 bits per heavy atom. The van der Waals surface area contributed by atoms with Gasteiger partial charge in [0.25, 0.3) is 0 Å². The van der Waals surface area contributed by atoms with Crippen molar-refractivity contribution in [3.63, 3.8) is 0 Å². The fraction of sp³-hybridized carbons (Fsp3) is 0.667. The summed E-state index contributed by atoms with van der Waals surface area (Å²) < 4.78 is 0. The van der Waals surface area contributed by atoms with Gasteiger partial charge in [0.1, 0.15) is 0 Å². The van der Waals surface area contributed by atoms with E-state index in [-0.39, 0.29) is 11.8 Å². The highest BCUT2D eigenvalue weighted by Crippen LogP contribution is 2.36. The number of aliphatic hydroxyl groups is 3. The molecule has 0 saturated heterocycles. The van der Waals surface area contributed by atoms with Crippen LogP contribution in [0.1, 0.15) is 19.8 Å². The minimum atomic E-state index is -0.515. The molecule has 0 bridgehead atoms. The fourth-order valence-corrected chi connectivity index (χ4v) is 2.19. The Labute approximate surface area is 90.8 Å². The third kappa shape index (κ3) is 3.16. The van der Waals surface area contributed by atoms with Crippen LogP contribution in [0.25, 0.3) is 0 Å². The standard InChI is InChI=1S/C12H20O3/c1-3-4-9-10(6-5-8(2)13)12(15)7-11(9)14/h3,5-6,8-15H,1,4,7H2,2H3/b6-5+/t8-,9+,10+,11-,12+/m0/s1. The Bertz CT molecular complexity index is 235. The lowest BCUT2D eigenvalue weighted by Crippen LogP contribution is -2.20. The van der Waals surface area contributed by atoms with E-state index in [9.17, 15) is 10.2 Å². The first-order chi connectivity index (χ1) is 7.06. The monoisotopic (exact) mass is 212 g/mol. The second-order valence-electron chi connectivity index (χ2n) is 4.26. The van der Waals surface area contributed by atoms with E-state index in [1.807, 2.05) is 0 Å². The highest BCUT2D eigenvalue weighted by molar-refractivity contribution is 5.04. The summed E-state index contributed by atoms with van der Waals surface area (Å²) in [6, 6.07) is 0. The van der Waals surface area contributed by atoms with Crippen molar-refractivity contribution >= 4 is 0 Å². The molecule has 1 rings (SSSR count). The molecule has 0 unspecified atom stereocenters.